The molecule has 0 radical (unpaired) electrons. The predicted molar refractivity (Wildman–Crippen MR) is 103 cm³/mol. The minimum absolute atomic E-state index is 0.0530. The van der Waals surface area contributed by atoms with Crippen molar-refractivity contribution < 1.29 is 18.7 Å². The van der Waals surface area contributed by atoms with E-state index in [1.165, 1.54) is 24.3 Å². The van der Waals surface area contributed by atoms with Crippen LogP contribution in [0.5, 0.6) is 0 Å². The highest BCUT2D eigenvalue weighted by atomic mass is 32.2. The molecule has 6 heteroatoms. The lowest BCUT2D eigenvalue weighted by atomic mass is 9.99. The molecule has 2 rings (SSSR count). The van der Waals surface area contributed by atoms with Gasteiger partial charge >= 0.3 is 6.09 Å². The number of thioether (sulfide) groups is 1. The third-order valence-corrected chi connectivity index (χ3v) is 5.46. The summed E-state index contributed by atoms with van der Waals surface area (Å²) in [5.74, 6) is 2.06. The van der Waals surface area contributed by atoms with Crippen LogP contribution in [0.25, 0.3) is 0 Å². The summed E-state index contributed by atoms with van der Waals surface area (Å²) in [6, 6.07) is 5.71. The highest BCUT2D eigenvalue weighted by Gasteiger charge is 2.26. The summed E-state index contributed by atoms with van der Waals surface area (Å²) in [6.45, 7) is 7.09. The first-order chi connectivity index (χ1) is 12.2. The summed E-state index contributed by atoms with van der Waals surface area (Å²) in [5.41, 5.74) is 0.110. The van der Waals surface area contributed by atoms with Crippen LogP contribution >= 0.6 is 11.8 Å². The maximum Gasteiger partial charge on any atom is 0.410 e. The van der Waals surface area contributed by atoms with Crippen LogP contribution in [-0.4, -0.2) is 47.0 Å². The van der Waals surface area contributed by atoms with Crippen molar-refractivity contribution in [2.75, 3.05) is 24.6 Å². The number of piperidine rings is 1. The number of amides is 1. The molecule has 1 aromatic carbocycles. The minimum Gasteiger partial charge on any atom is -0.444 e. The molecule has 1 aliphatic heterocycles. The van der Waals surface area contributed by atoms with E-state index in [4.69, 9.17) is 4.74 Å². The minimum atomic E-state index is -0.457. The Balaban J connectivity index is 1.62. The number of ether oxygens (including phenoxy) is 1. The van der Waals surface area contributed by atoms with Gasteiger partial charge in [-0.05, 0) is 69.5 Å². The zero-order valence-corrected chi connectivity index (χ0v) is 16.6. The molecular weight excluding hydrogens is 353 g/mol. The maximum absolute atomic E-state index is 12.9. The lowest BCUT2D eigenvalue weighted by molar-refractivity contribution is 0.0191. The van der Waals surface area contributed by atoms with Crippen LogP contribution in [0.2, 0.25) is 0 Å². The number of Topliss-reactive ketones (excluding diaryl/α,β-unsaturated/α-hetero) is 1. The monoisotopic (exact) mass is 381 g/mol. The highest BCUT2D eigenvalue weighted by Crippen LogP contribution is 2.23. The van der Waals surface area contributed by atoms with Gasteiger partial charge < -0.3 is 9.64 Å². The molecule has 0 atom stereocenters. The van der Waals surface area contributed by atoms with E-state index in [1.54, 1.807) is 16.7 Å². The summed E-state index contributed by atoms with van der Waals surface area (Å²) in [5, 5.41) is 0. The number of carbonyl (C=O) groups is 2. The Hall–Kier alpha value is -1.56. The SMILES string of the molecule is CC(C)(C)OC(=O)N1CCC(CSCCC(=O)c2ccc(F)cc2)CC1. The summed E-state index contributed by atoms with van der Waals surface area (Å²) < 4.78 is 18.3. The van der Waals surface area contributed by atoms with Gasteiger partial charge in [-0.1, -0.05) is 0 Å². The third-order valence-electron chi connectivity index (χ3n) is 4.26. The van der Waals surface area contributed by atoms with Crippen molar-refractivity contribution in [1.82, 2.24) is 4.90 Å². The van der Waals surface area contributed by atoms with Gasteiger partial charge in [-0.3, -0.25) is 4.79 Å². The molecule has 1 aliphatic rings. The Morgan fingerprint density at radius 2 is 1.81 bits per heavy atom. The van der Waals surface area contributed by atoms with Crippen LogP contribution in [-0.2, 0) is 4.74 Å². The van der Waals surface area contributed by atoms with Gasteiger partial charge in [-0.2, -0.15) is 11.8 Å². The second-order valence-corrected chi connectivity index (χ2v) is 8.82. The van der Waals surface area contributed by atoms with Crippen molar-refractivity contribution in [3.05, 3.63) is 35.6 Å². The number of carbonyl (C=O) groups excluding carboxylic acids is 2. The summed E-state index contributed by atoms with van der Waals surface area (Å²) in [4.78, 5) is 25.9. The van der Waals surface area contributed by atoms with Crippen molar-refractivity contribution in [2.24, 2.45) is 5.92 Å². The van der Waals surface area contributed by atoms with Gasteiger partial charge in [0.1, 0.15) is 11.4 Å². The predicted octanol–water partition coefficient (Wildman–Crippen LogP) is 4.78. The number of nitrogens with zero attached hydrogens (tertiary/aromatic N) is 1. The van der Waals surface area contributed by atoms with Crippen molar-refractivity contribution in [3.63, 3.8) is 0 Å². The van der Waals surface area contributed by atoms with E-state index in [2.05, 4.69) is 0 Å². The van der Waals surface area contributed by atoms with E-state index in [9.17, 15) is 14.0 Å². The Labute approximate surface area is 159 Å². The Kier molecular flexibility index (Phi) is 7.50. The standard InChI is InChI=1S/C20H28FNO3S/c1-20(2,3)25-19(24)22-11-8-15(9-12-22)14-26-13-10-18(23)16-4-6-17(21)7-5-16/h4-7,15H,8-14H2,1-3H3. The highest BCUT2D eigenvalue weighted by molar-refractivity contribution is 7.99. The van der Waals surface area contributed by atoms with Crippen LogP contribution in [0.1, 0.15) is 50.4 Å². The molecule has 1 saturated heterocycles. The summed E-state index contributed by atoms with van der Waals surface area (Å²) in [7, 11) is 0. The van der Waals surface area contributed by atoms with Gasteiger partial charge in [0.05, 0.1) is 0 Å². The van der Waals surface area contributed by atoms with E-state index in [0.29, 0.717) is 17.9 Å². The molecule has 0 unspecified atom stereocenters. The molecule has 0 N–H and O–H groups in total. The quantitative estimate of drug-likeness (QED) is 0.526. The Morgan fingerprint density at radius 1 is 1.19 bits per heavy atom. The summed E-state index contributed by atoms with van der Waals surface area (Å²) in [6.07, 6.45) is 2.18. The van der Waals surface area contributed by atoms with Gasteiger partial charge in [0.2, 0.25) is 0 Å². The molecule has 26 heavy (non-hydrogen) atoms. The van der Waals surface area contributed by atoms with E-state index < -0.39 is 5.60 Å². The number of hydrogen-bond donors (Lipinski definition) is 0. The average molecular weight is 382 g/mol. The smallest absolute Gasteiger partial charge is 0.410 e. The van der Waals surface area contributed by atoms with Crippen LogP contribution < -0.4 is 0 Å². The van der Waals surface area contributed by atoms with Crippen molar-refractivity contribution in [2.45, 2.75) is 45.6 Å². The fraction of sp³-hybridized carbons (Fsp3) is 0.600. The van der Waals surface area contributed by atoms with Gasteiger partial charge in [0, 0.05) is 30.8 Å². The number of ketones is 1. The molecule has 0 saturated carbocycles. The molecule has 144 valence electrons. The molecule has 1 fully saturated rings. The number of likely N-dealkylation sites (tertiary alicyclic amines) is 1. The van der Waals surface area contributed by atoms with E-state index >= 15 is 0 Å². The maximum atomic E-state index is 12.9. The Bertz CT molecular complexity index is 604. The molecule has 0 spiro atoms. The van der Waals surface area contributed by atoms with Gasteiger partial charge in [0.15, 0.2) is 5.78 Å². The third kappa shape index (κ3) is 6.98. The van der Waals surface area contributed by atoms with Gasteiger partial charge in [-0.15, -0.1) is 0 Å². The molecule has 1 aromatic rings. The molecule has 0 bridgehead atoms. The fourth-order valence-electron chi connectivity index (χ4n) is 2.80. The van der Waals surface area contributed by atoms with Gasteiger partial charge in [0.25, 0.3) is 0 Å². The van der Waals surface area contributed by atoms with Crippen molar-refractivity contribution in [3.8, 4) is 0 Å². The molecule has 4 nitrogen and oxygen atoms in total. The zero-order valence-electron chi connectivity index (χ0n) is 15.8. The van der Waals surface area contributed by atoms with Crippen LogP contribution in [0.3, 0.4) is 0 Å². The van der Waals surface area contributed by atoms with Crippen LogP contribution in [0.15, 0.2) is 24.3 Å². The Morgan fingerprint density at radius 3 is 2.38 bits per heavy atom. The molecule has 0 aliphatic carbocycles. The molecule has 0 aromatic heterocycles. The lowest BCUT2D eigenvalue weighted by Gasteiger charge is -2.33. The first kappa shape index (κ1) is 20.7. The van der Waals surface area contributed by atoms with Crippen LogP contribution in [0, 0.1) is 11.7 Å². The first-order valence-electron chi connectivity index (χ1n) is 9.09. The van der Waals surface area contributed by atoms with E-state index in [1.807, 2.05) is 20.8 Å². The van der Waals surface area contributed by atoms with Crippen molar-refractivity contribution >= 4 is 23.6 Å². The average Bonchev–Trinajstić information content (AvgIpc) is 2.58. The number of halogens is 1. The van der Waals surface area contributed by atoms with Crippen molar-refractivity contribution in [1.29, 1.82) is 0 Å². The number of benzene rings is 1. The first-order valence-corrected chi connectivity index (χ1v) is 10.2. The molecule has 1 amide bonds. The molecular formula is C20H28FNO3S. The van der Waals surface area contributed by atoms with Crippen LogP contribution in [0.4, 0.5) is 9.18 Å². The topological polar surface area (TPSA) is 46.6 Å². The van der Waals surface area contributed by atoms with E-state index in [-0.39, 0.29) is 17.7 Å². The summed E-state index contributed by atoms with van der Waals surface area (Å²) >= 11 is 1.78. The largest absolute Gasteiger partial charge is 0.444 e. The second-order valence-electron chi connectivity index (χ2n) is 7.67. The second kappa shape index (κ2) is 9.40. The fourth-order valence-corrected chi connectivity index (χ4v) is 3.97. The number of rotatable bonds is 6. The molecule has 1 heterocycles. The lowest BCUT2D eigenvalue weighted by Crippen LogP contribution is -2.42. The van der Waals surface area contributed by atoms with E-state index in [0.717, 1.165) is 37.4 Å². The van der Waals surface area contributed by atoms with Gasteiger partial charge in [-0.25, -0.2) is 9.18 Å². The number of hydrogen-bond acceptors (Lipinski definition) is 4. The normalized spacial score (nSPS) is 15.8. The zero-order chi connectivity index (χ0) is 19.2.